The maximum Gasteiger partial charge on any atom is 0.00428 e. The predicted molar refractivity (Wildman–Crippen MR) is 64.9 cm³/mol. The molecule has 0 aliphatic carbocycles. The Kier molecular flexibility index (Phi) is 4.36. The Morgan fingerprint density at radius 3 is 2.93 bits per heavy atom. The predicted octanol–water partition coefficient (Wildman–Crippen LogP) is 3.09. The normalized spacial score (nSPS) is 15.0. The fourth-order valence-electron chi connectivity index (χ4n) is 1.48. The molecule has 0 saturated heterocycles. The van der Waals surface area contributed by atoms with Gasteiger partial charge in [0.05, 0.1) is 0 Å². The molecule has 1 nitrogen and oxygen atoms in total. The van der Waals surface area contributed by atoms with E-state index in [9.17, 15) is 0 Å². The SMILES string of the molecule is C=CC(C)(CNCC)Cc1ccsc1. The van der Waals surface area contributed by atoms with Gasteiger partial charge in [0.25, 0.3) is 0 Å². The molecule has 0 radical (unpaired) electrons. The van der Waals surface area contributed by atoms with Crippen molar-refractivity contribution < 1.29 is 0 Å². The van der Waals surface area contributed by atoms with Crippen LogP contribution in [-0.4, -0.2) is 13.1 Å². The van der Waals surface area contributed by atoms with E-state index in [1.807, 2.05) is 0 Å². The highest BCUT2D eigenvalue weighted by Gasteiger charge is 2.20. The molecule has 0 amide bonds. The third-order valence-electron chi connectivity index (χ3n) is 2.46. The lowest BCUT2D eigenvalue weighted by Crippen LogP contribution is -2.31. The first kappa shape index (κ1) is 11.5. The zero-order chi connectivity index (χ0) is 10.4. The highest BCUT2D eigenvalue weighted by Crippen LogP contribution is 2.24. The summed E-state index contributed by atoms with van der Waals surface area (Å²) in [6.07, 6.45) is 3.14. The van der Waals surface area contributed by atoms with Crippen LogP contribution in [0.15, 0.2) is 29.5 Å². The first-order valence-electron chi connectivity index (χ1n) is 5.05. The monoisotopic (exact) mass is 209 g/mol. The number of rotatable bonds is 6. The smallest absolute Gasteiger partial charge is 0.00428 e. The Morgan fingerprint density at radius 1 is 1.64 bits per heavy atom. The quantitative estimate of drug-likeness (QED) is 0.710. The summed E-state index contributed by atoms with van der Waals surface area (Å²) in [5.74, 6) is 0. The number of nitrogens with one attached hydrogen (secondary N) is 1. The molecule has 1 aromatic rings. The molecular weight excluding hydrogens is 190 g/mol. The van der Waals surface area contributed by atoms with E-state index in [2.05, 4.69) is 48.6 Å². The largest absolute Gasteiger partial charge is 0.316 e. The van der Waals surface area contributed by atoms with Crippen molar-refractivity contribution in [2.45, 2.75) is 20.3 Å². The molecule has 0 aliphatic heterocycles. The second-order valence-electron chi connectivity index (χ2n) is 3.95. The molecule has 0 fully saturated rings. The standard InChI is InChI=1S/C12H19NS/c1-4-12(3,10-13-5-2)8-11-6-7-14-9-11/h4,6-7,9,13H,1,5,8,10H2,2-3H3. The maximum absolute atomic E-state index is 3.93. The highest BCUT2D eigenvalue weighted by molar-refractivity contribution is 7.07. The molecule has 0 bridgehead atoms. The topological polar surface area (TPSA) is 12.0 Å². The molecule has 1 atom stereocenters. The summed E-state index contributed by atoms with van der Waals surface area (Å²) in [4.78, 5) is 0. The Morgan fingerprint density at radius 2 is 2.43 bits per heavy atom. The van der Waals surface area contributed by atoms with Gasteiger partial charge in [-0.05, 0) is 35.4 Å². The highest BCUT2D eigenvalue weighted by atomic mass is 32.1. The van der Waals surface area contributed by atoms with E-state index < -0.39 is 0 Å². The minimum Gasteiger partial charge on any atom is -0.316 e. The van der Waals surface area contributed by atoms with Gasteiger partial charge in [0.15, 0.2) is 0 Å². The molecule has 0 aliphatic rings. The minimum absolute atomic E-state index is 0.178. The maximum atomic E-state index is 3.93. The van der Waals surface area contributed by atoms with Gasteiger partial charge in [-0.15, -0.1) is 6.58 Å². The van der Waals surface area contributed by atoms with E-state index in [1.54, 1.807) is 11.3 Å². The third kappa shape index (κ3) is 3.28. The van der Waals surface area contributed by atoms with Crippen molar-refractivity contribution in [1.82, 2.24) is 5.32 Å². The van der Waals surface area contributed by atoms with E-state index >= 15 is 0 Å². The molecule has 14 heavy (non-hydrogen) atoms. The second-order valence-corrected chi connectivity index (χ2v) is 4.73. The molecule has 0 saturated carbocycles. The summed E-state index contributed by atoms with van der Waals surface area (Å²) in [5.41, 5.74) is 1.59. The summed E-state index contributed by atoms with van der Waals surface area (Å²) < 4.78 is 0. The summed E-state index contributed by atoms with van der Waals surface area (Å²) in [6, 6.07) is 2.19. The first-order valence-corrected chi connectivity index (χ1v) is 6.00. The van der Waals surface area contributed by atoms with Gasteiger partial charge in [0, 0.05) is 12.0 Å². The molecule has 1 heterocycles. The Hall–Kier alpha value is -0.600. The van der Waals surface area contributed by atoms with Crippen molar-refractivity contribution in [3.63, 3.8) is 0 Å². The van der Waals surface area contributed by atoms with Crippen molar-refractivity contribution in [2.75, 3.05) is 13.1 Å². The molecule has 1 unspecified atom stereocenters. The van der Waals surface area contributed by atoms with Crippen LogP contribution < -0.4 is 5.32 Å². The van der Waals surface area contributed by atoms with Gasteiger partial charge in [0.1, 0.15) is 0 Å². The van der Waals surface area contributed by atoms with Crippen LogP contribution in [-0.2, 0) is 6.42 Å². The van der Waals surface area contributed by atoms with Gasteiger partial charge >= 0.3 is 0 Å². The molecule has 78 valence electrons. The van der Waals surface area contributed by atoms with Gasteiger partial charge in [-0.1, -0.05) is 19.9 Å². The Bertz CT molecular complexity index is 266. The zero-order valence-electron chi connectivity index (χ0n) is 9.05. The van der Waals surface area contributed by atoms with Crippen LogP contribution in [0.4, 0.5) is 0 Å². The fraction of sp³-hybridized carbons (Fsp3) is 0.500. The van der Waals surface area contributed by atoms with Crippen LogP contribution in [0, 0.1) is 5.41 Å². The lowest BCUT2D eigenvalue weighted by molar-refractivity contribution is 0.396. The summed E-state index contributed by atoms with van der Waals surface area (Å²) in [7, 11) is 0. The van der Waals surface area contributed by atoms with Crippen molar-refractivity contribution in [1.29, 1.82) is 0 Å². The van der Waals surface area contributed by atoms with Crippen LogP contribution in [0.1, 0.15) is 19.4 Å². The molecular formula is C12H19NS. The third-order valence-corrected chi connectivity index (χ3v) is 3.19. The number of thiophene rings is 1. The van der Waals surface area contributed by atoms with E-state index in [0.717, 1.165) is 19.5 Å². The van der Waals surface area contributed by atoms with Crippen molar-refractivity contribution in [2.24, 2.45) is 5.41 Å². The molecule has 1 aromatic heterocycles. The van der Waals surface area contributed by atoms with Crippen LogP contribution in [0.5, 0.6) is 0 Å². The first-order chi connectivity index (χ1) is 6.70. The van der Waals surface area contributed by atoms with Gasteiger partial charge in [0.2, 0.25) is 0 Å². The van der Waals surface area contributed by atoms with Crippen LogP contribution in [0.2, 0.25) is 0 Å². The van der Waals surface area contributed by atoms with Gasteiger partial charge in [-0.2, -0.15) is 11.3 Å². The minimum atomic E-state index is 0.178. The molecule has 0 spiro atoms. The average Bonchev–Trinajstić information content (AvgIpc) is 2.67. The van der Waals surface area contributed by atoms with Crippen molar-refractivity contribution >= 4 is 11.3 Å². The van der Waals surface area contributed by atoms with Crippen LogP contribution >= 0.6 is 11.3 Å². The number of hydrogen-bond donors (Lipinski definition) is 1. The Balaban J connectivity index is 2.56. The van der Waals surface area contributed by atoms with E-state index in [-0.39, 0.29) is 5.41 Å². The average molecular weight is 209 g/mol. The molecule has 2 heteroatoms. The zero-order valence-corrected chi connectivity index (χ0v) is 9.86. The summed E-state index contributed by atoms with van der Waals surface area (Å²) in [5, 5.41) is 7.73. The van der Waals surface area contributed by atoms with Crippen molar-refractivity contribution in [3.05, 3.63) is 35.0 Å². The summed E-state index contributed by atoms with van der Waals surface area (Å²) >= 11 is 1.76. The number of hydrogen-bond acceptors (Lipinski definition) is 2. The molecule has 0 aromatic carbocycles. The Labute approximate surface area is 90.9 Å². The molecule has 1 rings (SSSR count). The molecule has 1 N–H and O–H groups in total. The van der Waals surface area contributed by atoms with Crippen LogP contribution in [0.25, 0.3) is 0 Å². The van der Waals surface area contributed by atoms with Gasteiger partial charge < -0.3 is 5.32 Å². The lowest BCUT2D eigenvalue weighted by atomic mass is 9.84. The van der Waals surface area contributed by atoms with Gasteiger partial charge in [-0.25, -0.2) is 0 Å². The van der Waals surface area contributed by atoms with E-state index in [1.165, 1.54) is 5.56 Å². The lowest BCUT2D eigenvalue weighted by Gasteiger charge is -2.25. The van der Waals surface area contributed by atoms with Crippen molar-refractivity contribution in [3.8, 4) is 0 Å². The van der Waals surface area contributed by atoms with Gasteiger partial charge in [-0.3, -0.25) is 0 Å². The van der Waals surface area contributed by atoms with Crippen LogP contribution in [0.3, 0.4) is 0 Å². The fourth-order valence-corrected chi connectivity index (χ4v) is 2.15. The van der Waals surface area contributed by atoms with E-state index in [4.69, 9.17) is 0 Å². The second kappa shape index (κ2) is 5.32. The van der Waals surface area contributed by atoms with E-state index in [0.29, 0.717) is 0 Å². The summed E-state index contributed by atoms with van der Waals surface area (Å²) in [6.45, 7) is 10.3.